The fraction of sp³-hybridized carbons (Fsp3) is 0.522. The summed E-state index contributed by atoms with van der Waals surface area (Å²) in [5, 5.41) is 33.4. The van der Waals surface area contributed by atoms with Crippen LogP contribution in [0.4, 0.5) is 5.69 Å². The van der Waals surface area contributed by atoms with Gasteiger partial charge >= 0.3 is 0 Å². The Bertz CT molecular complexity index is 1150. The summed E-state index contributed by atoms with van der Waals surface area (Å²) < 4.78 is 0. The van der Waals surface area contributed by atoms with E-state index in [2.05, 4.69) is 0 Å². The van der Waals surface area contributed by atoms with Gasteiger partial charge in [-0.2, -0.15) is 0 Å². The molecule has 3 aliphatic rings. The Kier molecular flexibility index (Phi) is 5.42. The zero-order chi connectivity index (χ0) is 25.4. The number of nitrogens with zero attached hydrogens (tertiary/aromatic N) is 2. The highest BCUT2D eigenvalue weighted by Gasteiger charge is 2.72. The molecule has 0 heterocycles. The van der Waals surface area contributed by atoms with Gasteiger partial charge in [0.1, 0.15) is 5.75 Å². The Hall–Kier alpha value is -3.15. The van der Waals surface area contributed by atoms with Crippen molar-refractivity contribution in [2.75, 3.05) is 33.1 Å². The van der Waals surface area contributed by atoms with Crippen molar-refractivity contribution in [3.8, 4) is 5.75 Å². The molecule has 1 aromatic rings. The number of ketones is 4. The quantitative estimate of drug-likeness (QED) is 0.356. The van der Waals surface area contributed by atoms with Gasteiger partial charge < -0.3 is 26.0 Å². The van der Waals surface area contributed by atoms with Gasteiger partial charge in [0.25, 0.3) is 0 Å². The molecule has 11 nitrogen and oxygen atoms in total. The van der Waals surface area contributed by atoms with Crippen molar-refractivity contribution in [3.63, 3.8) is 0 Å². The van der Waals surface area contributed by atoms with Crippen LogP contribution in [-0.2, 0) is 25.6 Å². The number of phenols is 1. The molecule has 182 valence electrons. The summed E-state index contributed by atoms with van der Waals surface area (Å²) in [6.07, 6.45) is -1.65. The minimum absolute atomic E-state index is 0.0189. The summed E-state index contributed by atoms with van der Waals surface area (Å²) >= 11 is 0. The molecule has 0 bridgehead atoms. The number of rotatable bonds is 3. The minimum Gasteiger partial charge on any atom is -0.507 e. The van der Waals surface area contributed by atoms with Crippen LogP contribution in [0, 0.1) is 23.7 Å². The number of hydrogen-bond acceptors (Lipinski definition) is 10. The lowest BCUT2D eigenvalue weighted by atomic mass is 9.51. The van der Waals surface area contributed by atoms with Crippen LogP contribution in [-0.4, -0.2) is 95.2 Å². The highest BCUT2D eigenvalue weighted by molar-refractivity contribution is 6.32. The number of fused-ring (bicyclic) bond motifs is 3. The zero-order valence-corrected chi connectivity index (χ0v) is 19.2. The van der Waals surface area contributed by atoms with E-state index in [-0.39, 0.29) is 17.7 Å². The third-order valence-corrected chi connectivity index (χ3v) is 7.49. The van der Waals surface area contributed by atoms with Gasteiger partial charge in [-0.1, -0.05) is 0 Å². The number of hydrogen-bond donors (Lipinski definition) is 4. The maximum Gasteiger partial charge on any atom is 0.235 e. The Labute approximate surface area is 195 Å². The molecule has 2 saturated carbocycles. The number of carbonyl (C=O) groups is 5. The van der Waals surface area contributed by atoms with Gasteiger partial charge in [0, 0.05) is 25.7 Å². The largest absolute Gasteiger partial charge is 0.507 e. The molecule has 5 N–H and O–H groups in total. The molecule has 1 amide bonds. The van der Waals surface area contributed by atoms with E-state index in [1.54, 1.807) is 25.1 Å². The predicted molar refractivity (Wildman–Crippen MR) is 117 cm³/mol. The number of primary amides is 1. The molecule has 2 unspecified atom stereocenters. The molecule has 7 atom stereocenters. The molecule has 0 radical (unpaired) electrons. The third-order valence-electron chi connectivity index (χ3n) is 7.49. The van der Waals surface area contributed by atoms with Crippen LogP contribution >= 0.6 is 0 Å². The summed E-state index contributed by atoms with van der Waals surface area (Å²) in [7, 11) is 6.36. The molecule has 3 aliphatic carbocycles. The average Bonchev–Trinajstić information content (AvgIpc) is 2.73. The fourth-order valence-electron chi connectivity index (χ4n) is 6.02. The summed E-state index contributed by atoms with van der Waals surface area (Å²) in [5.74, 6) is -12.5. The summed E-state index contributed by atoms with van der Waals surface area (Å²) in [5.41, 5.74) is 3.17. The standard InChI is InChI=1S/C23H27N3O8/c1-25(2)10-5-6-11(27)12-8(10)7-9-13(18(12)29)20(31)23(34)15(17(9)28)16(26(3)4)19(30)14(21(23)32)22(24)33/h5-6,9,13-17,27-28,34H,7H2,1-4H3,(H2,24,33)/t9-,13?,14?,15-,16+,17-,23+/m1/s1. The molecule has 0 aromatic heterocycles. The van der Waals surface area contributed by atoms with E-state index in [4.69, 9.17) is 5.73 Å². The van der Waals surface area contributed by atoms with Crippen LogP contribution in [0.2, 0.25) is 0 Å². The Morgan fingerprint density at radius 2 is 1.71 bits per heavy atom. The molecule has 0 saturated heterocycles. The number of carbonyl (C=O) groups excluding carboxylic acids is 5. The Morgan fingerprint density at radius 1 is 1.09 bits per heavy atom. The first-order valence-corrected chi connectivity index (χ1v) is 10.8. The van der Waals surface area contributed by atoms with Gasteiger partial charge in [-0.15, -0.1) is 0 Å². The zero-order valence-electron chi connectivity index (χ0n) is 19.2. The van der Waals surface area contributed by atoms with Crippen molar-refractivity contribution >= 4 is 34.7 Å². The lowest BCUT2D eigenvalue weighted by Gasteiger charge is -2.54. The number of benzene rings is 1. The molecule has 0 spiro atoms. The topological polar surface area (TPSA) is 179 Å². The summed E-state index contributed by atoms with van der Waals surface area (Å²) in [4.78, 5) is 68.5. The molecule has 0 aliphatic heterocycles. The van der Waals surface area contributed by atoms with Crippen molar-refractivity contribution in [3.05, 3.63) is 23.3 Å². The third kappa shape index (κ3) is 2.90. The average molecular weight is 473 g/mol. The van der Waals surface area contributed by atoms with E-state index in [9.17, 15) is 39.3 Å². The van der Waals surface area contributed by atoms with E-state index in [1.165, 1.54) is 25.1 Å². The van der Waals surface area contributed by atoms with Gasteiger partial charge in [-0.3, -0.25) is 28.9 Å². The van der Waals surface area contributed by atoms with Crippen LogP contribution in [0.5, 0.6) is 5.75 Å². The van der Waals surface area contributed by atoms with Crippen molar-refractivity contribution in [1.82, 2.24) is 4.90 Å². The Balaban J connectivity index is 1.94. The highest BCUT2D eigenvalue weighted by atomic mass is 16.3. The van der Waals surface area contributed by atoms with Crippen LogP contribution in [0.25, 0.3) is 0 Å². The maximum atomic E-state index is 13.7. The number of aliphatic hydroxyl groups is 2. The minimum atomic E-state index is -2.98. The number of aromatic hydroxyl groups is 1. The molecule has 34 heavy (non-hydrogen) atoms. The monoisotopic (exact) mass is 473 g/mol. The number of aliphatic hydroxyl groups excluding tert-OH is 1. The number of likely N-dealkylation sites (N-methyl/N-ethyl adjacent to an activating group) is 1. The van der Waals surface area contributed by atoms with Crippen molar-refractivity contribution in [2.24, 2.45) is 29.4 Å². The summed E-state index contributed by atoms with van der Waals surface area (Å²) in [6, 6.07) is 1.53. The van der Waals surface area contributed by atoms with Crippen LogP contribution in [0.1, 0.15) is 15.9 Å². The van der Waals surface area contributed by atoms with Gasteiger partial charge in [0.2, 0.25) is 5.91 Å². The van der Waals surface area contributed by atoms with E-state index >= 15 is 0 Å². The number of Topliss-reactive ketones (excluding diaryl/α,β-unsaturated/α-hetero) is 4. The van der Waals surface area contributed by atoms with Crippen LogP contribution in [0.15, 0.2) is 12.1 Å². The molecule has 4 rings (SSSR count). The smallest absolute Gasteiger partial charge is 0.235 e. The van der Waals surface area contributed by atoms with Gasteiger partial charge in [-0.05, 0) is 38.2 Å². The first-order chi connectivity index (χ1) is 15.8. The SMILES string of the molecule is CN(C)c1ccc(O)c2c1C[C@@H]1C(C2=O)C(=O)[C@]2(O)C(=O)C(C(N)=O)C(=O)[C@@H](N(C)C)[C@@H]2[C@@H]1O. The predicted octanol–water partition coefficient (Wildman–Crippen LogP) is -2.10. The van der Waals surface area contributed by atoms with E-state index in [1.807, 2.05) is 0 Å². The number of phenolic OH excluding ortho intramolecular Hbond substituents is 1. The van der Waals surface area contributed by atoms with Crippen LogP contribution < -0.4 is 10.6 Å². The van der Waals surface area contributed by atoms with E-state index < -0.39 is 70.5 Å². The van der Waals surface area contributed by atoms with E-state index in [0.717, 1.165) is 0 Å². The number of amides is 1. The lowest BCUT2D eigenvalue weighted by Crippen LogP contribution is -2.77. The van der Waals surface area contributed by atoms with E-state index in [0.29, 0.717) is 11.3 Å². The van der Waals surface area contributed by atoms with Gasteiger partial charge in [-0.25, -0.2) is 0 Å². The molecular weight excluding hydrogens is 446 g/mol. The Morgan fingerprint density at radius 3 is 2.24 bits per heavy atom. The van der Waals surface area contributed by atoms with Crippen molar-refractivity contribution < 1.29 is 39.3 Å². The summed E-state index contributed by atoms with van der Waals surface area (Å²) in [6.45, 7) is 0. The number of anilines is 1. The van der Waals surface area contributed by atoms with Crippen molar-refractivity contribution in [2.45, 2.75) is 24.2 Å². The second kappa shape index (κ2) is 7.69. The normalized spacial score (nSPS) is 35.0. The molecule has 1 aromatic carbocycles. The second-order valence-electron chi connectivity index (χ2n) is 9.72. The highest BCUT2D eigenvalue weighted by Crippen LogP contribution is 2.51. The van der Waals surface area contributed by atoms with Gasteiger partial charge in [0.05, 0.1) is 29.5 Å². The number of nitrogens with two attached hydrogens (primary N) is 1. The first kappa shape index (κ1) is 24.0. The van der Waals surface area contributed by atoms with Gasteiger partial charge in [0.15, 0.2) is 34.7 Å². The maximum absolute atomic E-state index is 13.7. The lowest BCUT2D eigenvalue weighted by molar-refractivity contribution is -0.195. The molecule has 2 fully saturated rings. The van der Waals surface area contributed by atoms with Crippen LogP contribution in [0.3, 0.4) is 0 Å². The first-order valence-electron chi connectivity index (χ1n) is 10.8. The van der Waals surface area contributed by atoms with Crippen molar-refractivity contribution in [1.29, 1.82) is 0 Å². The molecule has 11 heteroatoms. The second-order valence-corrected chi connectivity index (χ2v) is 9.72. The molecular formula is C23H27N3O8. The fourth-order valence-corrected chi connectivity index (χ4v) is 6.02.